The van der Waals surface area contributed by atoms with E-state index in [2.05, 4.69) is 4.98 Å². The van der Waals surface area contributed by atoms with Crippen LogP contribution in [0.4, 0.5) is 0 Å². The minimum Gasteiger partial charge on any atom is -0.341 e. The van der Waals surface area contributed by atoms with E-state index in [0.29, 0.717) is 19.4 Å². The Morgan fingerprint density at radius 3 is 2.70 bits per heavy atom. The normalized spacial score (nSPS) is 18.0. The van der Waals surface area contributed by atoms with Crippen LogP contribution in [-0.2, 0) is 21.2 Å². The molecule has 1 aromatic heterocycles. The van der Waals surface area contributed by atoms with Gasteiger partial charge in [-0.3, -0.25) is 9.78 Å². The molecular formula is C17H20N2O3S. The minimum absolute atomic E-state index is 0.0285. The Bertz CT molecular complexity index is 813. The SMILES string of the molecule is CN(Cc1cccc2ncccc12)C(=O)C1CCS(=O)(=O)CC1. The summed E-state index contributed by atoms with van der Waals surface area (Å²) in [5.41, 5.74) is 1.96. The quantitative estimate of drug-likeness (QED) is 0.862. The van der Waals surface area contributed by atoms with Crippen LogP contribution in [0.25, 0.3) is 10.9 Å². The Kier molecular flexibility index (Phi) is 4.35. The highest BCUT2D eigenvalue weighted by atomic mass is 32.2. The molecule has 2 aromatic rings. The van der Waals surface area contributed by atoms with Crippen LogP contribution in [0.1, 0.15) is 18.4 Å². The first-order valence-corrected chi connectivity index (χ1v) is 9.56. The van der Waals surface area contributed by atoms with Gasteiger partial charge in [0.15, 0.2) is 0 Å². The van der Waals surface area contributed by atoms with Gasteiger partial charge in [0.1, 0.15) is 9.84 Å². The van der Waals surface area contributed by atoms with Crippen molar-refractivity contribution in [2.24, 2.45) is 5.92 Å². The molecule has 1 aliphatic rings. The molecule has 1 aliphatic heterocycles. The monoisotopic (exact) mass is 332 g/mol. The highest BCUT2D eigenvalue weighted by Crippen LogP contribution is 2.23. The summed E-state index contributed by atoms with van der Waals surface area (Å²) in [4.78, 5) is 18.6. The van der Waals surface area contributed by atoms with Crippen LogP contribution >= 0.6 is 0 Å². The van der Waals surface area contributed by atoms with Crippen molar-refractivity contribution in [1.29, 1.82) is 0 Å². The first-order chi connectivity index (χ1) is 11.0. The Morgan fingerprint density at radius 2 is 1.96 bits per heavy atom. The number of aromatic nitrogens is 1. The van der Waals surface area contributed by atoms with E-state index in [0.717, 1.165) is 16.5 Å². The molecule has 6 heteroatoms. The molecule has 0 spiro atoms. The number of carbonyl (C=O) groups excluding carboxylic acids is 1. The zero-order valence-corrected chi connectivity index (χ0v) is 13.9. The summed E-state index contributed by atoms with van der Waals surface area (Å²) in [7, 11) is -1.16. The van der Waals surface area contributed by atoms with Gasteiger partial charge in [-0.15, -0.1) is 0 Å². The molecule has 3 rings (SSSR count). The Balaban J connectivity index is 1.73. The number of benzene rings is 1. The van der Waals surface area contributed by atoms with Crippen molar-refractivity contribution in [3.63, 3.8) is 0 Å². The number of rotatable bonds is 3. The molecule has 0 unspecified atom stereocenters. The molecule has 2 heterocycles. The number of pyridine rings is 1. The van der Waals surface area contributed by atoms with E-state index in [1.807, 2.05) is 30.3 Å². The lowest BCUT2D eigenvalue weighted by Gasteiger charge is -2.26. The summed E-state index contributed by atoms with van der Waals surface area (Å²) in [6, 6.07) is 9.78. The van der Waals surface area contributed by atoms with Crippen molar-refractivity contribution in [3.8, 4) is 0 Å². The zero-order valence-electron chi connectivity index (χ0n) is 13.1. The molecule has 0 atom stereocenters. The lowest BCUT2D eigenvalue weighted by Crippen LogP contribution is -2.37. The molecule has 0 bridgehead atoms. The highest BCUT2D eigenvalue weighted by molar-refractivity contribution is 7.91. The van der Waals surface area contributed by atoms with Crippen molar-refractivity contribution in [3.05, 3.63) is 42.1 Å². The average molecular weight is 332 g/mol. The summed E-state index contributed by atoms with van der Waals surface area (Å²) in [6.45, 7) is 0.505. The van der Waals surface area contributed by atoms with E-state index in [9.17, 15) is 13.2 Å². The molecular weight excluding hydrogens is 312 g/mol. The molecule has 1 aromatic carbocycles. The highest BCUT2D eigenvalue weighted by Gasteiger charge is 2.30. The first kappa shape index (κ1) is 15.9. The van der Waals surface area contributed by atoms with Crippen LogP contribution in [0.5, 0.6) is 0 Å². The minimum atomic E-state index is -2.94. The number of hydrogen-bond acceptors (Lipinski definition) is 4. The van der Waals surface area contributed by atoms with E-state index >= 15 is 0 Å². The number of carbonyl (C=O) groups is 1. The fourth-order valence-corrected chi connectivity index (χ4v) is 4.58. The zero-order chi connectivity index (χ0) is 16.4. The van der Waals surface area contributed by atoms with Gasteiger partial charge in [0.05, 0.1) is 17.0 Å². The summed E-state index contributed by atoms with van der Waals surface area (Å²) >= 11 is 0. The average Bonchev–Trinajstić information content (AvgIpc) is 2.54. The maximum absolute atomic E-state index is 12.6. The Labute approximate surface area is 136 Å². The van der Waals surface area contributed by atoms with Crippen molar-refractivity contribution < 1.29 is 13.2 Å². The van der Waals surface area contributed by atoms with Gasteiger partial charge in [-0.2, -0.15) is 0 Å². The lowest BCUT2D eigenvalue weighted by atomic mass is 10.0. The number of nitrogens with zero attached hydrogens (tertiary/aromatic N) is 2. The molecule has 1 fully saturated rings. The Morgan fingerprint density at radius 1 is 1.22 bits per heavy atom. The fraction of sp³-hybridized carbons (Fsp3) is 0.412. The largest absolute Gasteiger partial charge is 0.341 e. The van der Waals surface area contributed by atoms with Crippen LogP contribution in [0.3, 0.4) is 0 Å². The van der Waals surface area contributed by atoms with Crippen molar-refractivity contribution in [2.45, 2.75) is 19.4 Å². The van der Waals surface area contributed by atoms with Gasteiger partial charge in [-0.05, 0) is 30.5 Å². The van der Waals surface area contributed by atoms with Gasteiger partial charge in [-0.1, -0.05) is 18.2 Å². The number of hydrogen-bond donors (Lipinski definition) is 0. The Hall–Kier alpha value is -1.95. The number of amides is 1. The summed E-state index contributed by atoms with van der Waals surface area (Å²) < 4.78 is 23.0. The standard InChI is InChI=1S/C17H20N2O3S/c1-19(17(20)13-7-10-23(21,22)11-8-13)12-14-4-2-6-16-15(14)5-3-9-18-16/h2-6,9,13H,7-8,10-12H2,1H3. The summed E-state index contributed by atoms with van der Waals surface area (Å²) in [5, 5.41) is 1.04. The lowest BCUT2D eigenvalue weighted by molar-refractivity contribution is -0.135. The molecule has 122 valence electrons. The van der Waals surface area contributed by atoms with Gasteiger partial charge < -0.3 is 4.90 Å². The maximum atomic E-state index is 12.6. The second-order valence-electron chi connectivity index (χ2n) is 6.11. The third-order valence-corrected chi connectivity index (χ3v) is 6.14. The van der Waals surface area contributed by atoms with Gasteiger partial charge in [0.25, 0.3) is 0 Å². The van der Waals surface area contributed by atoms with Crippen LogP contribution < -0.4 is 0 Å². The molecule has 1 saturated heterocycles. The molecule has 5 nitrogen and oxygen atoms in total. The summed E-state index contributed by atoms with van der Waals surface area (Å²) in [6.07, 6.45) is 2.62. The van der Waals surface area contributed by atoms with E-state index < -0.39 is 9.84 Å². The molecule has 0 saturated carbocycles. The van der Waals surface area contributed by atoms with Crippen LogP contribution in [0.15, 0.2) is 36.5 Å². The van der Waals surface area contributed by atoms with Gasteiger partial charge in [0, 0.05) is 31.1 Å². The first-order valence-electron chi connectivity index (χ1n) is 7.74. The van der Waals surface area contributed by atoms with Crippen LogP contribution in [0.2, 0.25) is 0 Å². The maximum Gasteiger partial charge on any atom is 0.225 e. The fourth-order valence-electron chi connectivity index (χ4n) is 3.09. The predicted octanol–water partition coefficient (Wildman–Crippen LogP) is 2.02. The predicted molar refractivity (Wildman–Crippen MR) is 89.6 cm³/mol. The molecule has 0 N–H and O–H groups in total. The van der Waals surface area contributed by atoms with Crippen molar-refractivity contribution in [1.82, 2.24) is 9.88 Å². The molecule has 1 amide bonds. The van der Waals surface area contributed by atoms with Gasteiger partial charge >= 0.3 is 0 Å². The van der Waals surface area contributed by atoms with Gasteiger partial charge in [-0.25, -0.2) is 8.42 Å². The van der Waals surface area contributed by atoms with E-state index in [1.165, 1.54) is 0 Å². The van der Waals surface area contributed by atoms with E-state index in [-0.39, 0.29) is 23.3 Å². The van der Waals surface area contributed by atoms with E-state index in [4.69, 9.17) is 0 Å². The molecule has 0 aliphatic carbocycles. The molecule has 23 heavy (non-hydrogen) atoms. The third kappa shape index (κ3) is 3.52. The number of fused-ring (bicyclic) bond motifs is 1. The van der Waals surface area contributed by atoms with Gasteiger partial charge in [0.2, 0.25) is 5.91 Å². The third-order valence-electron chi connectivity index (χ3n) is 4.42. The summed E-state index contributed by atoms with van der Waals surface area (Å²) in [5.74, 6) is 0.0858. The van der Waals surface area contributed by atoms with Crippen molar-refractivity contribution in [2.75, 3.05) is 18.6 Å². The van der Waals surface area contributed by atoms with Crippen molar-refractivity contribution >= 4 is 26.6 Å². The number of sulfone groups is 1. The van der Waals surface area contributed by atoms with E-state index in [1.54, 1.807) is 18.1 Å². The van der Waals surface area contributed by atoms with Crippen LogP contribution in [-0.4, -0.2) is 42.8 Å². The topological polar surface area (TPSA) is 67.3 Å². The smallest absolute Gasteiger partial charge is 0.225 e. The van der Waals surface area contributed by atoms with Crippen LogP contribution in [0, 0.1) is 5.92 Å². The second-order valence-corrected chi connectivity index (χ2v) is 8.41. The second kappa shape index (κ2) is 6.28. The molecule has 0 radical (unpaired) electrons.